The predicted molar refractivity (Wildman–Crippen MR) is 78.5 cm³/mol. The number of imide groups is 1. The fourth-order valence-electron chi connectivity index (χ4n) is 1.89. The molecule has 2 rings (SSSR count). The second-order valence-corrected chi connectivity index (χ2v) is 5.89. The number of pyridine rings is 1. The van der Waals surface area contributed by atoms with Gasteiger partial charge in [0.05, 0.1) is 4.20 Å². The molecule has 4 nitrogen and oxygen atoms in total. The Morgan fingerprint density at radius 3 is 2.63 bits per heavy atom. The number of carbonyl (C=O) groups excluding carboxylic acids is 2. The molecule has 0 aromatic carbocycles. The van der Waals surface area contributed by atoms with Crippen molar-refractivity contribution < 1.29 is 9.59 Å². The first-order chi connectivity index (χ1) is 9.13. The topological polar surface area (TPSA) is 50.3 Å². The summed E-state index contributed by atoms with van der Waals surface area (Å²) in [5, 5.41) is 0. The second-order valence-electron chi connectivity index (χ2n) is 4.21. The molecular formula is C13H14N2O2S2. The number of hydrogen-bond donors (Lipinski definition) is 0. The third-order valence-electron chi connectivity index (χ3n) is 2.92. The molecule has 1 aliphatic rings. The monoisotopic (exact) mass is 294 g/mol. The lowest BCUT2D eigenvalue weighted by molar-refractivity contribution is -0.131. The van der Waals surface area contributed by atoms with Crippen LogP contribution in [0.25, 0.3) is 0 Å². The van der Waals surface area contributed by atoms with Crippen LogP contribution in [0.2, 0.25) is 0 Å². The van der Waals surface area contributed by atoms with E-state index in [-0.39, 0.29) is 30.6 Å². The van der Waals surface area contributed by atoms with Crippen molar-refractivity contribution in [1.29, 1.82) is 0 Å². The van der Waals surface area contributed by atoms with Crippen LogP contribution in [0.15, 0.2) is 24.4 Å². The van der Waals surface area contributed by atoms with E-state index in [2.05, 4.69) is 4.98 Å². The van der Waals surface area contributed by atoms with Crippen molar-refractivity contribution in [3.63, 3.8) is 0 Å². The minimum atomic E-state index is -0.159. The summed E-state index contributed by atoms with van der Waals surface area (Å²) in [7, 11) is 0. The van der Waals surface area contributed by atoms with Gasteiger partial charge >= 0.3 is 0 Å². The number of thiocarbonyl (C=S) groups is 1. The molecule has 0 aliphatic carbocycles. The van der Waals surface area contributed by atoms with E-state index in [9.17, 15) is 9.59 Å². The minimum Gasteiger partial charge on any atom is -0.273 e. The fourth-order valence-corrected chi connectivity index (χ4v) is 3.38. The maximum absolute atomic E-state index is 11.6. The first-order valence-electron chi connectivity index (χ1n) is 6.12. The van der Waals surface area contributed by atoms with Gasteiger partial charge in [-0.3, -0.25) is 14.6 Å². The smallest absolute Gasteiger partial charge is 0.240 e. The van der Waals surface area contributed by atoms with Crippen molar-refractivity contribution in [2.75, 3.05) is 0 Å². The summed E-state index contributed by atoms with van der Waals surface area (Å²) in [5.74, 6) is -0.344. The Bertz CT molecular complexity index is 489. The maximum atomic E-state index is 11.6. The third-order valence-corrected chi connectivity index (χ3v) is 4.49. The van der Waals surface area contributed by atoms with Crippen LogP contribution in [-0.4, -0.2) is 25.3 Å². The van der Waals surface area contributed by atoms with Crippen molar-refractivity contribution >= 4 is 40.2 Å². The summed E-state index contributed by atoms with van der Waals surface area (Å²) < 4.78 is 1.80. The van der Waals surface area contributed by atoms with Gasteiger partial charge in [-0.05, 0) is 18.6 Å². The molecule has 0 radical (unpaired) electrons. The number of nitrogens with zero attached hydrogens (tertiary/aromatic N) is 2. The predicted octanol–water partition coefficient (Wildman–Crippen LogP) is 2.70. The summed E-state index contributed by atoms with van der Waals surface area (Å²) in [6, 6.07) is 5.67. The molecule has 1 unspecified atom stereocenters. The number of aromatic nitrogens is 1. The highest BCUT2D eigenvalue weighted by molar-refractivity contribution is 8.22. The standard InChI is InChI=1S/C13H14N2O2S2/c1-2-9(10-5-3-4-8-14-10)13(18)19-15-11(16)6-7-12(15)17/h3-5,8-9H,2,6-7H2,1H3. The van der Waals surface area contributed by atoms with E-state index < -0.39 is 0 Å². The molecular weight excluding hydrogens is 280 g/mol. The zero-order valence-electron chi connectivity index (χ0n) is 10.5. The summed E-state index contributed by atoms with van der Waals surface area (Å²) >= 11 is 6.45. The Hall–Kier alpha value is -1.27. The first-order valence-corrected chi connectivity index (χ1v) is 7.30. The van der Waals surface area contributed by atoms with Crippen molar-refractivity contribution in [2.24, 2.45) is 0 Å². The molecule has 19 heavy (non-hydrogen) atoms. The molecule has 100 valence electrons. The highest BCUT2D eigenvalue weighted by atomic mass is 32.2. The molecule has 1 saturated heterocycles. The van der Waals surface area contributed by atoms with E-state index in [4.69, 9.17) is 12.2 Å². The summed E-state index contributed by atoms with van der Waals surface area (Å²) in [6.45, 7) is 2.01. The molecule has 0 saturated carbocycles. The minimum absolute atomic E-state index is 0.0256. The Kier molecular flexibility index (Phi) is 4.66. The van der Waals surface area contributed by atoms with Gasteiger partial charge in [0.15, 0.2) is 0 Å². The summed E-state index contributed by atoms with van der Waals surface area (Å²) in [5.41, 5.74) is 0.876. The molecule has 2 heterocycles. The van der Waals surface area contributed by atoms with Gasteiger partial charge < -0.3 is 0 Å². The lowest BCUT2D eigenvalue weighted by Crippen LogP contribution is -2.24. The van der Waals surface area contributed by atoms with Gasteiger partial charge in [-0.1, -0.05) is 25.2 Å². The van der Waals surface area contributed by atoms with Crippen LogP contribution < -0.4 is 0 Å². The molecule has 1 atom stereocenters. The Labute approximate surface area is 121 Å². The largest absolute Gasteiger partial charge is 0.273 e. The van der Waals surface area contributed by atoms with Crippen LogP contribution in [0.5, 0.6) is 0 Å². The molecule has 6 heteroatoms. The molecule has 1 fully saturated rings. The molecule has 1 aromatic rings. The average molecular weight is 294 g/mol. The van der Waals surface area contributed by atoms with Gasteiger partial charge in [0.2, 0.25) is 11.8 Å². The quantitative estimate of drug-likeness (QED) is 0.485. The van der Waals surface area contributed by atoms with E-state index in [1.807, 2.05) is 25.1 Å². The summed E-state index contributed by atoms with van der Waals surface area (Å²) in [4.78, 5) is 27.4. The van der Waals surface area contributed by atoms with Crippen LogP contribution in [0.4, 0.5) is 0 Å². The molecule has 1 aromatic heterocycles. The van der Waals surface area contributed by atoms with Gasteiger partial charge in [0.25, 0.3) is 0 Å². The zero-order valence-corrected chi connectivity index (χ0v) is 12.2. The Morgan fingerprint density at radius 2 is 2.11 bits per heavy atom. The van der Waals surface area contributed by atoms with Gasteiger partial charge in [0.1, 0.15) is 0 Å². The average Bonchev–Trinajstić information content (AvgIpc) is 2.73. The molecule has 0 bridgehead atoms. The first kappa shape index (κ1) is 14.1. The zero-order chi connectivity index (χ0) is 13.8. The highest BCUT2D eigenvalue weighted by Gasteiger charge is 2.32. The van der Waals surface area contributed by atoms with Crippen LogP contribution in [0.1, 0.15) is 37.8 Å². The SMILES string of the molecule is CCC(C(=S)SN1C(=O)CCC1=O)c1ccccn1. The van der Waals surface area contributed by atoms with Crippen molar-refractivity contribution in [3.05, 3.63) is 30.1 Å². The van der Waals surface area contributed by atoms with E-state index in [1.54, 1.807) is 6.20 Å². The van der Waals surface area contributed by atoms with E-state index in [0.29, 0.717) is 4.20 Å². The van der Waals surface area contributed by atoms with Gasteiger partial charge in [-0.2, -0.15) is 0 Å². The Balaban J connectivity index is 2.10. The number of rotatable bonds is 4. The maximum Gasteiger partial charge on any atom is 0.240 e. The molecule has 0 spiro atoms. The van der Waals surface area contributed by atoms with Gasteiger partial charge in [-0.25, -0.2) is 4.31 Å². The number of hydrogen-bond acceptors (Lipinski definition) is 5. The highest BCUT2D eigenvalue weighted by Crippen LogP contribution is 2.31. The van der Waals surface area contributed by atoms with Gasteiger partial charge in [-0.15, -0.1) is 0 Å². The van der Waals surface area contributed by atoms with Crippen LogP contribution in [0.3, 0.4) is 0 Å². The molecule has 1 aliphatic heterocycles. The normalized spacial score (nSPS) is 16.8. The van der Waals surface area contributed by atoms with Crippen LogP contribution in [0, 0.1) is 0 Å². The lowest BCUT2D eigenvalue weighted by Gasteiger charge is -2.18. The third kappa shape index (κ3) is 3.19. The van der Waals surface area contributed by atoms with E-state index in [1.165, 1.54) is 4.31 Å². The number of amides is 2. The second kappa shape index (κ2) is 6.25. The van der Waals surface area contributed by atoms with Crippen LogP contribution >= 0.6 is 24.2 Å². The van der Waals surface area contributed by atoms with E-state index >= 15 is 0 Å². The number of carbonyl (C=O) groups is 2. The fraction of sp³-hybridized carbons (Fsp3) is 0.385. The Morgan fingerprint density at radius 1 is 1.42 bits per heavy atom. The van der Waals surface area contributed by atoms with Crippen molar-refractivity contribution in [1.82, 2.24) is 9.29 Å². The van der Waals surface area contributed by atoms with Gasteiger partial charge in [0, 0.05) is 42.6 Å². The molecule has 2 amide bonds. The molecule has 0 N–H and O–H groups in total. The van der Waals surface area contributed by atoms with Crippen LogP contribution in [-0.2, 0) is 9.59 Å². The summed E-state index contributed by atoms with van der Waals surface area (Å²) in [6.07, 6.45) is 3.08. The van der Waals surface area contributed by atoms with Crippen molar-refractivity contribution in [2.45, 2.75) is 32.1 Å². The van der Waals surface area contributed by atoms with Crippen molar-refractivity contribution in [3.8, 4) is 0 Å². The lowest BCUT2D eigenvalue weighted by atomic mass is 10.0. The van der Waals surface area contributed by atoms with E-state index in [0.717, 1.165) is 24.1 Å².